The van der Waals surface area contributed by atoms with Crippen LogP contribution in [0.1, 0.15) is 32.7 Å². The fraction of sp³-hybridized carbons (Fsp3) is 0.259. The third-order valence-electron chi connectivity index (χ3n) is 6.43. The Bertz CT molecular complexity index is 1430. The Morgan fingerprint density at radius 1 is 1.20 bits per heavy atom. The molecule has 1 atom stereocenters. The Kier molecular flexibility index (Phi) is 5.75. The number of morpholine rings is 1. The van der Waals surface area contributed by atoms with Crippen LogP contribution in [0.5, 0.6) is 11.5 Å². The zero-order chi connectivity index (χ0) is 23.8. The molecule has 1 saturated heterocycles. The third-order valence-corrected chi connectivity index (χ3v) is 7.34. The summed E-state index contributed by atoms with van der Waals surface area (Å²) in [5.74, 6) is 1.76. The lowest BCUT2D eigenvalue weighted by Crippen LogP contribution is -2.39. The summed E-state index contributed by atoms with van der Waals surface area (Å²) in [5.41, 5.74) is 5.22. The predicted octanol–water partition coefficient (Wildman–Crippen LogP) is 5.03. The molecular formula is C27H26N4O3S. The number of nitrogens with zero attached hydrogens (tertiary/aromatic N) is 2. The number of aryl methyl sites for hydroxylation is 1. The lowest BCUT2D eigenvalue weighted by atomic mass is 9.95. The standard InChI is InChI=1S/C27H26N4O3S/c1-17-14-30-26(35-17)15-29-20-5-6-23-19(12-20)11-18-3-2-4-22(27(18)34-23)24-16-31(9-10-33-24)21-7-8-28-25(32)13-21/h2-8,12-14,24,29H,9-11,15-16H2,1H3,(H,28,32). The van der Waals surface area contributed by atoms with Crippen LogP contribution >= 0.6 is 11.3 Å². The van der Waals surface area contributed by atoms with E-state index in [-0.39, 0.29) is 11.7 Å². The summed E-state index contributed by atoms with van der Waals surface area (Å²) in [6.07, 6.45) is 4.26. The van der Waals surface area contributed by atoms with Crippen molar-refractivity contribution >= 4 is 22.7 Å². The number of para-hydroxylation sites is 1. The Morgan fingerprint density at radius 2 is 2.14 bits per heavy atom. The Balaban J connectivity index is 1.21. The van der Waals surface area contributed by atoms with Gasteiger partial charge in [0.1, 0.15) is 22.6 Å². The maximum Gasteiger partial charge on any atom is 0.249 e. The van der Waals surface area contributed by atoms with Crippen molar-refractivity contribution in [2.75, 3.05) is 29.9 Å². The van der Waals surface area contributed by atoms with Gasteiger partial charge in [0.05, 0.1) is 13.2 Å². The van der Waals surface area contributed by atoms with Crippen LogP contribution < -0.4 is 20.5 Å². The van der Waals surface area contributed by atoms with Gasteiger partial charge in [-0.25, -0.2) is 4.98 Å². The van der Waals surface area contributed by atoms with Crippen LogP contribution in [0.2, 0.25) is 0 Å². The summed E-state index contributed by atoms with van der Waals surface area (Å²) < 4.78 is 12.6. The van der Waals surface area contributed by atoms with E-state index in [9.17, 15) is 4.79 Å². The van der Waals surface area contributed by atoms with E-state index >= 15 is 0 Å². The first-order valence-electron chi connectivity index (χ1n) is 11.8. The highest BCUT2D eigenvalue weighted by molar-refractivity contribution is 7.11. The maximum absolute atomic E-state index is 11.8. The van der Waals surface area contributed by atoms with Gasteiger partial charge in [-0.2, -0.15) is 0 Å². The summed E-state index contributed by atoms with van der Waals surface area (Å²) in [6.45, 7) is 4.78. The number of anilines is 2. The average Bonchev–Trinajstić information content (AvgIpc) is 3.31. The van der Waals surface area contributed by atoms with Gasteiger partial charge in [0.25, 0.3) is 0 Å². The van der Waals surface area contributed by atoms with Gasteiger partial charge in [-0.1, -0.05) is 18.2 Å². The first kappa shape index (κ1) is 21.9. The topological polar surface area (TPSA) is 79.5 Å². The van der Waals surface area contributed by atoms with E-state index in [0.717, 1.165) is 57.5 Å². The van der Waals surface area contributed by atoms with E-state index in [2.05, 4.69) is 57.4 Å². The zero-order valence-electron chi connectivity index (χ0n) is 19.4. The van der Waals surface area contributed by atoms with Gasteiger partial charge in [0.15, 0.2) is 0 Å². The van der Waals surface area contributed by atoms with Crippen molar-refractivity contribution < 1.29 is 9.47 Å². The summed E-state index contributed by atoms with van der Waals surface area (Å²) in [4.78, 5) is 22.3. The number of nitrogens with one attached hydrogen (secondary N) is 2. The van der Waals surface area contributed by atoms with Gasteiger partial charge in [-0.15, -0.1) is 11.3 Å². The van der Waals surface area contributed by atoms with Gasteiger partial charge in [0.2, 0.25) is 5.56 Å². The van der Waals surface area contributed by atoms with Crippen molar-refractivity contribution in [3.8, 4) is 11.5 Å². The van der Waals surface area contributed by atoms with Crippen molar-refractivity contribution in [2.24, 2.45) is 0 Å². The van der Waals surface area contributed by atoms with Crippen LogP contribution in [-0.2, 0) is 17.7 Å². The summed E-state index contributed by atoms with van der Waals surface area (Å²) in [7, 11) is 0. The minimum atomic E-state index is -0.137. The molecule has 2 aromatic heterocycles. The predicted molar refractivity (Wildman–Crippen MR) is 138 cm³/mol. The number of thiazole rings is 1. The highest BCUT2D eigenvalue weighted by atomic mass is 32.1. The second-order valence-corrected chi connectivity index (χ2v) is 10.2. The SMILES string of the molecule is Cc1cnc(CNc2ccc3c(c2)Cc2cccc(C4CN(c5cc[nH]c(=O)c5)CCO4)c2O3)s1. The molecule has 4 aromatic rings. The molecule has 0 amide bonds. The van der Waals surface area contributed by atoms with Gasteiger partial charge >= 0.3 is 0 Å². The molecule has 7 nitrogen and oxygen atoms in total. The van der Waals surface area contributed by atoms with Crippen LogP contribution in [0.4, 0.5) is 11.4 Å². The first-order valence-corrected chi connectivity index (χ1v) is 12.6. The molecule has 2 N–H and O–H groups in total. The number of hydrogen-bond acceptors (Lipinski definition) is 7. The lowest BCUT2D eigenvalue weighted by molar-refractivity contribution is 0.0384. The number of fused-ring (bicyclic) bond motifs is 2. The molecule has 2 aliphatic rings. The number of H-pyrrole nitrogens is 1. The van der Waals surface area contributed by atoms with Gasteiger partial charge < -0.3 is 24.7 Å². The molecule has 0 aliphatic carbocycles. The van der Waals surface area contributed by atoms with Gasteiger partial charge in [-0.3, -0.25) is 4.79 Å². The highest BCUT2D eigenvalue weighted by Gasteiger charge is 2.28. The number of ether oxygens (including phenoxy) is 2. The number of hydrogen-bond donors (Lipinski definition) is 2. The minimum Gasteiger partial charge on any atom is -0.456 e. The molecule has 0 radical (unpaired) electrons. The van der Waals surface area contributed by atoms with Crippen LogP contribution in [-0.4, -0.2) is 29.7 Å². The molecule has 1 fully saturated rings. The van der Waals surface area contributed by atoms with E-state index in [1.807, 2.05) is 18.3 Å². The molecule has 35 heavy (non-hydrogen) atoms. The van der Waals surface area contributed by atoms with Crippen LogP contribution in [0, 0.1) is 6.92 Å². The van der Waals surface area contributed by atoms with Crippen LogP contribution in [0.3, 0.4) is 0 Å². The molecular weight excluding hydrogens is 460 g/mol. The van der Waals surface area contributed by atoms with Crippen molar-refractivity contribution in [3.05, 3.63) is 97.9 Å². The zero-order valence-corrected chi connectivity index (χ0v) is 20.2. The van der Waals surface area contributed by atoms with Crippen molar-refractivity contribution in [1.82, 2.24) is 9.97 Å². The van der Waals surface area contributed by atoms with E-state index in [1.54, 1.807) is 23.6 Å². The first-order chi connectivity index (χ1) is 17.1. The Morgan fingerprint density at radius 3 is 3.00 bits per heavy atom. The number of aromatic amines is 1. The largest absolute Gasteiger partial charge is 0.456 e. The quantitative estimate of drug-likeness (QED) is 0.363. The van der Waals surface area contributed by atoms with Crippen molar-refractivity contribution in [2.45, 2.75) is 26.0 Å². The van der Waals surface area contributed by atoms with E-state index < -0.39 is 0 Å². The third kappa shape index (κ3) is 4.54. The van der Waals surface area contributed by atoms with Crippen molar-refractivity contribution in [1.29, 1.82) is 0 Å². The molecule has 4 heterocycles. The normalized spacial score (nSPS) is 16.8. The van der Waals surface area contributed by atoms with E-state index in [1.165, 1.54) is 4.88 Å². The molecule has 0 saturated carbocycles. The fourth-order valence-electron chi connectivity index (χ4n) is 4.73. The summed E-state index contributed by atoms with van der Waals surface area (Å²) in [6, 6.07) is 16.1. The van der Waals surface area contributed by atoms with Crippen LogP contribution in [0.25, 0.3) is 0 Å². The van der Waals surface area contributed by atoms with Gasteiger partial charge in [-0.05, 0) is 36.8 Å². The van der Waals surface area contributed by atoms with E-state index in [4.69, 9.17) is 9.47 Å². The minimum absolute atomic E-state index is 0.0989. The second-order valence-electron chi connectivity index (χ2n) is 8.87. The number of benzene rings is 2. The molecule has 2 aliphatic heterocycles. The van der Waals surface area contributed by atoms with Crippen LogP contribution in [0.15, 0.2) is 65.7 Å². The molecule has 1 unspecified atom stereocenters. The fourth-order valence-corrected chi connectivity index (χ4v) is 5.45. The van der Waals surface area contributed by atoms with Crippen molar-refractivity contribution in [3.63, 3.8) is 0 Å². The molecule has 8 heteroatoms. The number of aromatic nitrogens is 2. The molecule has 178 valence electrons. The average molecular weight is 487 g/mol. The Labute approximate surface area is 207 Å². The number of rotatable bonds is 5. The Hall–Kier alpha value is -3.62. The monoisotopic (exact) mass is 486 g/mol. The second kappa shape index (κ2) is 9.20. The summed E-state index contributed by atoms with van der Waals surface area (Å²) in [5, 5.41) is 4.56. The highest BCUT2D eigenvalue weighted by Crippen LogP contribution is 2.43. The molecule has 0 spiro atoms. The lowest BCUT2D eigenvalue weighted by Gasteiger charge is -2.36. The summed E-state index contributed by atoms with van der Waals surface area (Å²) >= 11 is 1.71. The molecule has 2 aromatic carbocycles. The molecule has 0 bridgehead atoms. The van der Waals surface area contributed by atoms with E-state index in [0.29, 0.717) is 19.7 Å². The smallest absolute Gasteiger partial charge is 0.249 e. The van der Waals surface area contributed by atoms with Gasteiger partial charge in [0, 0.05) is 65.3 Å². The maximum atomic E-state index is 11.8. The molecule has 6 rings (SSSR count). The number of pyridine rings is 1.